The molecule has 0 N–H and O–H groups in total. The first-order valence-electron chi connectivity index (χ1n) is 7.72. The molecule has 0 bridgehead atoms. The van der Waals surface area contributed by atoms with Crippen LogP contribution in [0.2, 0.25) is 0 Å². The molecule has 2 aromatic rings. The van der Waals surface area contributed by atoms with E-state index in [1.807, 2.05) is 32.0 Å². The highest BCUT2D eigenvalue weighted by molar-refractivity contribution is 5.96. The van der Waals surface area contributed by atoms with E-state index in [1.165, 1.54) is 0 Å². The van der Waals surface area contributed by atoms with Crippen molar-refractivity contribution in [3.63, 3.8) is 0 Å². The summed E-state index contributed by atoms with van der Waals surface area (Å²) in [5.74, 6) is 0.856. The Morgan fingerprint density at radius 2 is 2.00 bits per heavy atom. The summed E-state index contributed by atoms with van der Waals surface area (Å²) in [5, 5.41) is 0. The van der Waals surface area contributed by atoms with E-state index >= 15 is 0 Å². The van der Waals surface area contributed by atoms with Gasteiger partial charge >= 0.3 is 5.97 Å². The molecule has 0 spiro atoms. The molecule has 5 heteroatoms. The van der Waals surface area contributed by atoms with Crippen molar-refractivity contribution in [2.45, 2.75) is 13.8 Å². The lowest BCUT2D eigenvalue weighted by atomic mass is 10.1. The zero-order valence-corrected chi connectivity index (χ0v) is 13.4. The van der Waals surface area contributed by atoms with E-state index in [0.29, 0.717) is 30.3 Å². The second-order valence-electron chi connectivity index (χ2n) is 5.63. The number of hydrogen-bond donors (Lipinski definition) is 0. The molecule has 0 aliphatic carbocycles. The van der Waals surface area contributed by atoms with Crippen LogP contribution in [-0.4, -0.2) is 37.3 Å². The van der Waals surface area contributed by atoms with Crippen molar-refractivity contribution in [1.29, 1.82) is 0 Å². The maximum atomic E-state index is 12.6. The smallest absolute Gasteiger partial charge is 0.347 e. The molecule has 120 valence electrons. The standard InChI is InChI=1S/C18H20N2O3/c1-13-5-6-16(14(2)12-13)23-18(21)15-4-3-7-19-17(15)20-8-10-22-11-9-20/h3-7,12H,8-11H2,1-2H3. The number of hydrogen-bond acceptors (Lipinski definition) is 5. The van der Waals surface area contributed by atoms with E-state index in [0.717, 1.165) is 24.2 Å². The fraction of sp³-hybridized carbons (Fsp3) is 0.333. The van der Waals surface area contributed by atoms with E-state index in [-0.39, 0.29) is 5.97 Å². The predicted molar refractivity (Wildman–Crippen MR) is 88.1 cm³/mol. The molecule has 3 rings (SSSR count). The van der Waals surface area contributed by atoms with Gasteiger partial charge in [-0.3, -0.25) is 0 Å². The minimum absolute atomic E-state index is 0.383. The number of anilines is 1. The zero-order chi connectivity index (χ0) is 16.2. The number of morpholine rings is 1. The van der Waals surface area contributed by atoms with Gasteiger partial charge in [0, 0.05) is 19.3 Å². The third kappa shape index (κ3) is 3.51. The minimum atomic E-state index is -0.383. The second kappa shape index (κ2) is 6.79. The number of aryl methyl sites for hydroxylation is 2. The molecule has 1 saturated heterocycles. The van der Waals surface area contributed by atoms with E-state index in [4.69, 9.17) is 9.47 Å². The number of rotatable bonds is 3. The lowest BCUT2D eigenvalue weighted by Gasteiger charge is -2.28. The molecule has 1 aromatic carbocycles. The average Bonchev–Trinajstić information content (AvgIpc) is 2.58. The molecule has 2 heterocycles. The summed E-state index contributed by atoms with van der Waals surface area (Å²) in [5.41, 5.74) is 2.56. The summed E-state index contributed by atoms with van der Waals surface area (Å²) in [4.78, 5) is 19.0. The van der Waals surface area contributed by atoms with E-state index in [1.54, 1.807) is 18.3 Å². The molecule has 5 nitrogen and oxygen atoms in total. The normalized spacial score (nSPS) is 14.6. The summed E-state index contributed by atoms with van der Waals surface area (Å²) >= 11 is 0. The fourth-order valence-electron chi connectivity index (χ4n) is 2.65. The number of carbonyl (C=O) groups is 1. The van der Waals surface area contributed by atoms with Crippen molar-refractivity contribution < 1.29 is 14.3 Å². The van der Waals surface area contributed by atoms with Gasteiger partial charge in [-0.15, -0.1) is 0 Å². The monoisotopic (exact) mass is 312 g/mol. The molecular weight excluding hydrogens is 292 g/mol. The van der Waals surface area contributed by atoms with Crippen molar-refractivity contribution in [1.82, 2.24) is 4.98 Å². The lowest BCUT2D eigenvalue weighted by molar-refractivity contribution is 0.0732. The molecule has 23 heavy (non-hydrogen) atoms. The molecule has 1 fully saturated rings. The first-order chi connectivity index (χ1) is 11.1. The van der Waals surface area contributed by atoms with Crippen LogP contribution in [0.5, 0.6) is 5.75 Å². The maximum Gasteiger partial charge on any atom is 0.347 e. The number of aromatic nitrogens is 1. The van der Waals surface area contributed by atoms with Gasteiger partial charge in [0.05, 0.1) is 13.2 Å². The van der Waals surface area contributed by atoms with Crippen LogP contribution >= 0.6 is 0 Å². The van der Waals surface area contributed by atoms with Gasteiger partial charge in [-0.2, -0.15) is 0 Å². The second-order valence-corrected chi connectivity index (χ2v) is 5.63. The van der Waals surface area contributed by atoms with Gasteiger partial charge in [0.25, 0.3) is 0 Å². The molecule has 0 amide bonds. The molecule has 0 unspecified atom stereocenters. The Bertz CT molecular complexity index is 709. The minimum Gasteiger partial charge on any atom is -0.423 e. The van der Waals surface area contributed by atoms with E-state index < -0.39 is 0 Å². The lowest BCUT2D eigenvalue weighted by Crippen LogP contribution is -2.38. The van der Waals surface area contributed by atoms with Crippen LogP contribution < -0.4 is 9.64 Å². The van der Waals surface area contributed by atoms with Gasteiger partial charge in [-0.05, 0) is 37.6 Å². The number of carbonyl (C=O) groups excluding carboxylic acids is 1. The average molecular weight is 312 g/mol. The number of nitrogens with zero attached hydrogens (tertiary/aromatic N) is 2. The molecule has 0 radical (unpaired) electrons. The third-order valence-corrected chi connectivity index (χ3v) is 3.85. The van der Waals surface area contributed by atoms with Gasteiger partial charge in [0.2, 0.25) is 0 Å². The highest BCUT2D eigenvalue weighted by Gasteiger charge is 2.21. The van der Waals surface area contributed by atoms with Crippen molar-refractivity contribution in [3.8, 4) is 5.75 Å². The van der Waals surface area contributed by atoms with Crippen LogP contribution in [0, 0.1) is 13.8 Å². The summed E-state index contributed by atoms with van der Waals surface area (Å²) in [6, 6.07) is 9.26. The summed E-state index contributed by atoms with van der Waals surface area (Å²) < 4.78 is 10.9. The van der Waals surface area contributed by atoms with Crippen LogP contribution in [0.25, 0.3) is 0 Å². The van der Waals surface area contributed by atoms with Crippen molar-refractivity contribution in [2.75, 3.05) is 31.2 Å². The first kappa shape index (κ1) is 15.5. The molecule has 1 aromatic heterocycles. The predicted octanol–water partition coefficient (Wildman–Crippen LogP) is 2.75. The Kier molecular flexibility index (Phi) is 4.57. The molecule has 0 atom stereocenters. The fourth-order valence-corrected chi connectivity index (χ4v) is 2.65. The number of ether oxygens (including phenoxy) is 2. The summed E-state index contributed by atoms with van der Waals surface area (Å²) in [6.07, 6.45) is 1.69. The zero-order valence-electron chi connectivity index (χ0n) is 13.4. The Morgan fingerprint density at radius 1 is 1.22 bits per heavy atom. The maximum absolute atomic E-state index is 12.6. The molecule has 1 aliphatic heterocycles. The highest BCUT2D eigenvalue weighted by atomic mass is 16.5. The SMILES string of the molecule is Cc1ccc(OC(=O)c2cccnc2N2CCOCC2)c(C)c1. The van der Waals surface area contributed by atoms with Crippen molar-refractivity contribution >= 4 is 11.8 Å². The van der Waals surface area contributed by atoms with E-state index in [9.17, 15) is 4.79 Å². The summed E-state index contributed by atoms with van der Waals surface area (Å²) in [7, 11) is 0. The number of benzene rings is 1. The summed E-state index contributed by atoms with van der Waals surface area (Å²) in [6.45, 7) is 6.67. The molecular formula is C18H20N2O3. The van der Waals surface area contributed by atoms with Gasteiger partial charge in [-0.1, -0.05) is 17.7 Å². The Balaban J connectivity index is 1.84. The van der Waals surface area contributed by atoms with Gasteiger partial charge in [-0.25, -0.2) is 9.78 Å². The Morgan fingerprint density at radius 3 is 2.74 bits per heavy atom. The van der Waals surface area contributed by atoms with Crippen molar-refractivity contribution in [3.05, 3.63) is 53.2 Å². The number of pyridine rings is 1. The Labute approximate surface area is 135 Å². The van der Waals surface area contributed by atoms with Gasteiger partial charge in [0.15, 0.2) is 0 Å². The third-order valence-electron chi connectivity index (χ3n) is 3.85. The molecule has 1 aliphatic rings. The number of esters is 1. The van der Waals surface area contributed by atoms with Crippen LogP contribution in [-0.2, 0) is 4.74 Å². The van der Waals surface area contributed by atoms with E-state index in [2.05, 4.69) is 9.88 Å². The van der Waals surface area contributed by atoms with Crippen LogP contribution in [0.3, 0.4) is 0 Å². The first-order valence-corrected chi connectivity index (χ1v) is 7.72. The van der Waals surface area contributed by atoms with Crippen LogP contribution in [0.1, 0.15) is 21.5 Å². The van der Waals surface area contributed by atoms with Gasteiger partial charge in [0.1, 0.15) is 17.1 Å². The molecule has 0 saturated carbocycles. The van der Waals surface area contributed by atoms with Crippen molar-refractivity contribution in [2.24, 2.45) is 0 Å². The Hall–Kier alpha value is -2.40. The largest absolute Gasteiger partial charge is 0.423 e. The quantitative estimate of drug-likeness (QED) is 0.644. The van der Waals surface area contributed by atoms with Crippen LogP contribution in [0.15, 0.2) is 36.5 Å². The van der Waals surface area contributed by atoms with Crippen LogP contribution in [0.4, 0.5) is 5.82 Å². The van der Waals surface area contributed by atoms with Gasteiger partial charge < -0.3 is 14.4 Å². The topological polar surface area (TPSA) is 51.7 Å². The highest BCUT2D eigenvalue weighted by Crippen LogP contribution is 2.23.